The van der Waals surface area contributed by atoms with Gasteiger partial charge in [-0.05, 0) is 26.2 Å². The van der Waals surface area contributed by atoms with Crippen LogP contribution in [0.15, 0.2) is 0 Å². The highest BCUT2D eigenvalue weighted by Crippen LogP contribution is 2.12. The van der Waals surface area contributed by atoms with Gasteiger partial charge in [0, 0.05) is 19.0 Å². The van der Waals surface area contributed by atoms with Gasteiger partial charge in [-0.3, -0.25) is 4.79 Å². The van der Waals surface area contributed by atoms with Crippen LogP contribution in [0.2, 0.25) is 0 Å². The smallest absolute Gasteiger partial charge is 0.225 e. The summed E-state index contributed by atoms with van der Waals surface area (Å²) in [5, 5.41) is 0. The zero-order valence-corrected chi connectivity index (χ0v) is 10.2. The fourth-order valence-corrected chi connectivity index (χ4v) is 1.67. The topological polar surface area (TPSA) is 20.3 Å². The summed E-state index contributed by atoms with van der Waals surface area (Å²) < 4.78 is 0. The molecule has 14 heavy (non-hydrogen) atoms. The molecule has 2 nitrogen and oxygen atoms in total. The summed E-state index contributed by atoms with van der Waals surface area (Å²) in [6, 6.07) is 0. The minimum absolute atomic E-state index is 0.242. The Balaban J connectivity index is 4.13. The van der Waals surface area contributed by atoms with Gasteiger partial charge in [0.1, 0.15) is 0 Å². The number of hydrogen-bond donors (Lipinski definition) is 0. The summed E-state index contributed by atoms with van der Waals surface area (Å²) >= 11 is 0. The van der Waals surface area contributed by atoms with E-state index in [1.807, 2.05) is 4.90 Å². The molecule has 0 atom stereocenters. The predicted molar refractivity (Wildman–Crippen MR) is 61.2 cm³/mol. The number of rotatable bonds is 7. The SMILES string of the molecule is CCCCN(CC)C(=O)C(CC)CC. The number of unbranched alkanes of at least 4 members (excludes halogenated alkanes) is 1. The Morgan fingerprint density at radius 1 is 1.14 bits per heavy atom. The molecule has 0 fully saturated rings. The van der Waals surface area contributed by atoms with Gasteiger partial charge in [-0.2, -0.15) is 0 Å². The summed E-state index contributed by atoms with van der Waals surface area (Å²) in [6.07, 6.45) is 4.22. The van der Waals surface area contributed by atoms with Crippen molar-refractivity contribution in [2.45, 2.75) is 53.4 Å². The third-order valence-corrected chi connectivity index (χ3v) is 2.81. The van der Waals surface area contributed by atoms with Crippen molar-refractivity contribution in [3.63, 3.8) is 0 Å². The van der Waals surface area contributed by atoms with Crippen molar-refractivity contribution in [3.8, 4) is 0 Å². The lowest BCUT2D eigenvalue weighted by molar-refractivity contribution is -0.135. The van der Waals surface area contributed by atoms with Crippen LogP contribution in [0.3, 0.4) is 0 Å². The van der Waals surface area contributed by atoms with Gasteiger partial charge in [-0.15, -0.1) is 0 Å². The van der Waals surface area contributed by atoms with Gasteiger partial charge in [0.2, 0.25) is 5.91 Å². The van der Waals surface area contributed by atoms with Crippen molar-refractivity contribution < 1.29 is 4.79 Å². The van der Waals surface area contributed by atoms with Crippen molar-refractivity contribution in [3.05, 3.63) is 0 Å². The first-order valence-electron chi connectivity index (χ1n) is 5.99. The molecule has 0 rings (SSSR count). The van der Waals surface area contributed by atoms with E-state index in [-0.39, 0.29) is 5.92 Å². The lowest BCUT2D eigenvalue weighted by Crippen LogP contribution is -2.36. The molecule has 0 aliphatic carbocycles. The maximum atomic E-state index is 12.0. The molecule has 0 N–H and O–H groups in total. The van der Waals surface area contributed by atoms with Gasteiger partial charge in [0.05, 0.1) is 0 Å². The number of amides is 1. The summed E-state index contributed by atoms with van der Waals surface area (Å²) in [6.45, 7) is 10.2. The maximum absolute atomic E-state index is 12.0. The first-order valence-corrected chi connectivity index (χ1v) is 5.99. The van der Waals surface area contributed by atoms with E-state index in [4.69, 9.17) is 0 Å². The van der Waals surface area contributed by atoms with Crippen molar-refractivity contribution in [1.82, 2.24) is 4.90 Å². The first-order chi connectivity index (χ1) is 6.71. The average molecular weight is 199 g/mol. The molecule has 0 saturated carbocycles. The number of carbonyl (C=O) groups is 1. The fourth-order valence-electron chi connectivity index (χ4n) is 1.67. The molecular formula is C12H25NO. The van der Waals surface area contributed by atoms with Gasteiger partial charge in [-0.1, -0.05) is 27.2 Å². The fraction of sp³-hybridized carbons (Fsp3) is 0.917. The Morgan fingerprint density at radius 2 is 1.71 bits per heavy atom. The number of nitrogens with zero attached hydrogens (tertiary/aromatic N) is 1. The molecule has 0 radical (unpaired) electrons. The second-order valence-electron chi connectivity index (χ2n) is 3.78. The molecule has 0 aromatic heterocycles. The van der Waals surface area contributed by atoms with Crippen molar-refractivity contribution in [1.29, 1.82) is 0 Å². The van der Waals surface area contributed by atoms with E-state index >= 15 is 0 Å². The summed E-state index contributed by atoms with van der Waals surface area (Å²) in [7, 11) is 0. The van der Waals surface area contributed by atoms with E-state index in [0.717, 1.165) is 38.8 Å². The molecule has 2 heteroatoms. The summed E-state index contributed by atoms with van der Waals surface area (Å²) in [5.41, 5.74) is 0. The summed E-state index contributed by atoms with van der Waals surface area (Å²) in [5.74, 6) is 0.595. The number of carbonyl (C=O) groups excluding carboxylic acids is 1. The standard InChI is InChI=1S/C12H25NO/c1-5-9-10-13(8-4)12(14)11(6-2)7-3/h11H,5-10H2,1-4H3. The van der Waals surface area contributed by atoms with Crippen LogP contribution in [0.5, 0.6) is 0 Å². The Labute approximate surface area is 88.7 Å². The third kappa shape index (κ3) is 4.12. The Bertz CT molecular complexity index is 152. The largest absolute Gasteiger partial charge is 0.343 e. The molecule has 0 heterocycles. The molecular weight excluding hydrogens is 174 g/mol. The second kappa shape index (κ2) is 7.84. The van der Waals surface area contributed by atoms with Gasteiger partial charge in [0.25, 0.3) is 0 Å². The van der Waals surface area contributed by atoms with Crippen LogP contribution < -0.4 is 0 Å². The lowest BCUT2D eigenvalue weighted by atomic mass is 10.0. The normalized spacial score (nSPS) is 10.6. The van der Waals surface area contributed by atoms with Gasteiger partial charge in [-0.25, -0.2) is 0 Å². The first kappa shape index (κ1) is 13.5. The highest BCUT2D eigenvalue weighted by atomic mass is 16.2. The van der Waals surface area contributed by atoms with E-state index in [2.05, 4.69) is 27.7 Å². The van der Waals surface area contributed by atoms with E-state index in [1.165, 1.54) is 0 Å². The Kier molecular flexibility index (Phi) is 7.54. The molecule has 84 valence electrons. The van der Waals surface area contributed by atoms with Crippen molar-refractivity contribution in [2.75, 3.05) is 13.1 Å². The van der Waals surface area contributed by atoms with Crippen molar-refractivity contribution in [2.24, 2.45) is 5.92 Å². The minimum atomic E-state index is 0.242. The van der Waals surface area contributed by atoms with Gasteiger partial charge >= 0.3 is 0 Å². The Morgan fingerprint density at radius 3 is 2.07 bits per heavy atom. The van der Waals surface area contributed by atoms with Crippen LogP contribution in [0, 0.1) is 5.92 Å². The highest BCUT2D eigenvalue weighted by molar-refractivity contribution is 5.78. The van der Waals surface area contributed by atoms with E-state index in [9.17, 15) is 4.79 Å². The molecule has 0 spiro atoms. The molecule has 0 aliphatic heterocycles. The van der Waals surface area contributed by atoms with E-state index < -0.39 is 0 Å². The average Bonchev–Trinajstić information content (AvgIpc) is 2.21. The van der Waals surface area contributed by atoms with Crippen LogP contribution in [0.4, 0.5) is 0 Å². The van der Waals surface area contributed by atoms with Crippen LogP contribution in [0.1, 0.15) is 53.4 Å². The lowest BCUT2D eigenvalue weighted by Gasteiger charge is -2.25. The minimum Gasteiger partial charge on any atom is -0.343 e. The van der Waals surface area contributed by atoms with E-state index in [1.54, 1.807) is 0 Å². The number of hydrogen-bond acceptors (Lipinski definition) is 1. The Hall–Kier alpha value is -0.530. The monoisotopic (exact) mass is 199 g/mol. The molecule has 0 aromatic rings. The van der Waals surface area contributed by atoms with Crippen LogP contribution >= 0.6 is 0 Å². The highest BCUT2D eigenvalue weighted by Gasteiger charge is 2.19. The van der Waals surface area contributed by atoms with Gasteiger partial charge in [0.15, 0.2) is 0 Å². The molecule has 0 aliphatic rings. The van der Waals surface area contributed by atoms with Gasteiger partial charge < -0.3 is 4.90 Å². The predicted octanol–water partition coefficient (Wildman–Crippen LogP) is 3.07. The van der Waals surface area contributed by atoms with Crippen LogP contribution in [-0.2, 0) is 4.79 Å². The van der Waals surface area contributed by atoms with Crippen molar-refractivity contribution >= 4 is 5.91 Å². The van der Waals surface area contributed by atoms with E-state index in [0.29, 0.717) is 5.91 Å². The molecule has 0 saturated heterocycles. The second-order valence-corrected chi connectivity index (χ2v) is 3.78. The maximum Gasteiger partial charge on any atom is 0.225 e. The quantitative estimate of drug-likeness (QED) is 0.617. The molecule has 0 unspecified atom stereocenters. The third-order valence-electron chi connectivity index (χ3n) is 2.81. The van der Waals surface area contributed by atoms with Crippen LogP contribution in [0.25, 0.3) is 0 Å². The van der Waals surface area contributed by atoms with Crippen LogP contribution in [-0.4, -0.2) is 23.9 Å². The molecule has 0 aromatic carbocycles. The zero-order valence-electron chi connectivity index (χ0n) is 10.2. The summed E-state index contributed by atoms with van der Waals surface area (Å²) in [4.78, 5) is 14.0. The molecule has 1 amide bonds. The molecule has 0 bridgehead atoms. The zero-order chi connectivity index (χ0) is 11.0.